The number of aromatic nitrogens is 1. The molecule has 0 unspecified atom stereocenters. The van der Waals surface area contributed by atoms with Crippen LogP contribution >= 0.6 is 11.3 Å². The molecule has 122 valence electrons. The van der Waals surface area contributed by atoms with Crippen LogP contribution in [0.4, 0.5) is 5.69 Å². The largest absolute Gasteiger partial charge is 0.326 e. The maximum atomic E-state index is 12.7. The van der Waals surface area contributed by atoms with Crippen molar-refractivity contribution in [1.29, 1.82) is 0 Å². The molecule has 0 radical (unpaired) electrons. The molecule has 0 bridgehead atoms. The molecule has 0 aliphatic carbocycles. The summed E-state index contributed by atoms with van der Waals surface area (Å²) in [5.41, 5.74) is 2.08. The standard InChI is InChI=1S/C20H14N2O2S/c1-12(23)21-15-9-6-14(7-10-15)19(24)20-22-18-16-5-3-2-4-13(16)8-11-17(18)25-20/h2-11H,1H3,(H,21,23). The summed E-state index contributed by atoms with van der Waals surface area (Å²) in [6.45, 7) is 1.45. The molecule has 0 aliphatic heterocycles. The van der Waals surface area contributed by atoms with Gasteiger partial charge in [-0.3, -0.25) is 9.59 Å². The molecular weight excluding hydrogens is 332 g/mol. The molecule has 1 amide bonds. The van der Waals surface area contributed by atoms with Crippen LogP contribution in [0.2, 0.25) is 0 Å². The van der Waals surface area contributed by atoms with Gasteiger partial charge in [-0.15, -0.1) is 11.3 Å². The molecule has 5 heteroatoms. The van der Waals surface area contributed by atoms with Crippen molar-refractivity contribution >= 4 is 49.7 Å². The summed E-state index contributed by atoms with van der Waals surface area (Å²) in [6.07, 6.45) is 0. The lowest BCUT2D eigenvalue weighted by atomic mass is 10.1. The molecule has 1 aromatic heterocycles. The van der Waals surface area contributed by atoms with Crippen LogP contribution in [0.1, 0.15) is 22.3 Å². The van der Waals surface area contributed by atoms with E-state index in [4.69, 9.17) is 0 Å². The highest BCUT2D eigenvalue weighted by atomic mass is 32.1. The summed E-state index contributed by atoms with van der Waals surface area (Å²) in [6, 6.07) is 18.9. The molecule has 0 saturated carbocycles. The van der Waals surface area contributed by atoms with Crippen molar-refractivity contribution in [1.82, 2.24) is 4.98 Å². The third-order valence-corrected chi connectivity index (χ3v) is 4.96. The molecule has 25 heavy (non-hydrogen) atoms. The van der Waals surface area contributed by atoms with Crippen LogP contribution < -0.4 is 5.32 Å². The topological polar surface area (TPSA) is 59.1 Å². The van der Waals surface area contributed by atoms with Crippen LogP contribution in [0.3, 0.4) is 0 Å². The highest BCUT2D eigenvalue weighted by Gasteiger charge is 2.16. The van der Waals surface area contributed by atoms with E-state index in [2.05, 4.69) is 10.3 Å². The van der Waals surface area contributed by atoms with Gasteiger partial charge in [0.2, 0.25) is 11.7 Å². The van der Waals surface area contributed by atoms with Crippen molar-refractivity contribution in [3.05, 3.63) is 71.2 Å². The van der Waals surface area contributed by atoms with Gasteiger partial charge in [0.05, 0.1) is 10.2 Å². The summed E-state index contributed by atoms with van der Waals surface area (Å²) < 4.78 is 0.997. The maximum absolute atomic E-state index is 12.7. The minimum atomic E-state index is -0.142. The summed E-state index contributed by atoms with van der Waals surface area (Å²) in [5, 5.41) is 5.32. The lowest BCUT2D eigenvalue weighted by Crippen LogP contribution is -2.06. The molecule has 0 spiro atoms. The molecule has 1 heterocycles. The van der Waals surface area contributed by atoms with Crippen LogP contribution in [0.5, 0.6) is 0 Å². The SMILES string of the molecule is CC(=O)Nc1ccc(C(=O)c2nc3c(ccc4ccccc43)s2)cc1. The van der Waals surface area contributed by atoms with Crippen molar-refractivity contribution in [2.24, 2.45) is 0 Å². The number of fused-ring (bicyclic) bond motifs is 3. The molecule has 0 saturated heterocycles. The zero-order chi connectivity index (χ0) is 17.4. The second-order valence-corrected chi connectivity index (χ2v) is 6.77. The first-order chi connectivity index (χ1) is 12.1. The van der Waals surface area contributed by atoms with E-state index in [1.54, 1.807) is 24.3 Å². The van der Waals surface area contributed by atoms with Crippen LogP contribution in [0.15, 0.2) is 60.7 Å². The number of benzene rings is 3. The van der Waals surface area contributed by atoms with Gasteiger partial charge in [0.1, 0.15) is 0 Å². The number of nitrogens with one attached hydrogen (secondary N) is 1. The average molecular weight is 346 g/mol. The number of hydrogen-bond acceptors (Lipinski definition) is 4. The third kappa shape index (κ3) is 2.90. The van der Waals surface area contributed by atoms with Crippen LogP contribution in [0.25, 0.3) is 21.0 Å². The zero-order valence-electron chi connectivity index (χ0n) is 13.4. The smallest absolute Gasteiger partial charge is 0.221 e. The van der Waals surface area contributed by atoms with E-state index in [9.17, 15) is 9.59 Å². The number of thiazole rings is 1. The third-order valence-electron chi connectivity index (χ3n) is 3.95. The Morgan fingerprint density at radius 2 is 1.72 bits per heavy atom. The predicted molar refractivity (Wildman–Crippen MR) is 101 cm³/mol. The number of hydrogen-bond donors (Lipinski definition) is 1. The number of amides is 1. The quantitative estimate of drug-likeness (QED) is 0.550. The van der Waals surface area contributed by atoms with Crippen molar-refractivity contribution in [2.45, 2.75) is 6.92 Å². The Morgan fingerprint density at radius 1 is 0.960 bits per heavy atom. The molecule has 1 N–H and O–H groups in total. The zero-order valence-corrected chi connectivity index (χ0v) is 14.3. The Bertz CT molecular complexity index is 1110. The normalized spacial score (nSPS) is 10.9. The second kappa shape index (κ2) is 6.11. The van der Waals surface area contributed by atoms with E-state index in [-0.39, 0.29) is 11.7 Å². The Hall–Kier alpha value is -3.05. The lowest BCUT2D eigenvalue weighted by molar-refractivity contribution is -0.114. The van der Waals surface area contributed by atoms with Crippen LogP contribution in [-0.2, 0) is 4.79 Å². The van der Waals surface area contributed by atoms with E-state index in [1.165, 1.54) is 18.3 Å². The molecule has 4 rings (SSSR count). The van der Waals surface area contributed by atoms with E-state index in [1.807, 2.05) is 36.4 Å². The molecule has 4 aromatic rings. The molecular formula is C20H14N2O2S. The van der Waals surface area contributed by atoms with Gasteiger partial charge in [-0.25, -0.2) is 4.98 Å². The summed E-state index contributed by atoms with van der Waals surface area (Å²) in [7, 11) is 0. The predicted octanol–water partition coefficient (Wildman–Crippen LogP) is 4.64. The van der Waals surface area contributed by atoms with E-state index >= 15 is 0 Å². The fourth-order valence-corrected chi connectivity index (χ4v) is 3.73. The number of rotatable bonds is 3. The van der Waals surface area contributed by atoms with Crippen molar-refractivity contribution in [3.63, 3.8) is 0 Å². The molecule has 3 aromatic carbocycles. The van der Waals surface area contributed by atoms with Gasteiger partial charge in [-0.05, 0) is 35.7 Å². The number of anilines is 1. The maximum Gasteiger partial charge on any atom is 0.221 e. The Labute approximate surface area is 148 Å². The van der Waals surface area contributed by atoms with E-state index in [0.717, 1.165) is 21.0 Å². The first-order valence-electron chi connectivity index (χ1n) is 7.82. The average Bonchev–Trinajstić information content (AvgIpc) is 3.06. The monoisotopic (exact) mass is 346 g/mol. The van der Waals surface area contributed by atoms with E-state index in [0.29, 0.717) is 16.3 Å². The van der Waals surface area contributed by atoms with Gasteiger partial charge in [0, 0.05) is 23.6 Å². The first-order valence-corrected chi connectivity index (χ1v) is 8.64. The van der Waals surface area contributed by atoms with Gasteiger partial charge in [-0.2, -0.15) is 0 Å². The van der Waals surface area contributed by atoms with Crippen molar-refractivity contribution < 1.29 is 9.59 Å². The Kier molecular flexibility index (Phi) is 3.78. The van der Waals surface area contributed by atoms with Gasteiger partial charge >= 0.3 is 0 Å². The number of carbonyl (C=O) groups excluding carboxylic acids is 2. The van der Waals surface area contributed by atoms with Gasteiger partial charge in [0.15, 0.2) is 5.01 Å². The first kappa shape index (κ1) is 15.5. The fourth-order valence-electron chi connectivity index (χ4n) is 2.79. The summed E-state index contributed by atoms with van der Waals surface area (Å²) in [5.74, 6) is -0.253. The lowest BCUT2D eigenvalue weighted by Gasteiger charge is -2.02. The fraction of sp³-hybridized carbons (Fsp3) is 0.0500. The number of carbonyl (C=O) groups is 2. The van der Waals surface area contributed by atoms with Crippen molar-refractivity contribution in [2.75, 3.05) is 5.32 Å². The minimum absolute atomic E-state index is 0.111. The van der Waals surface area contributed by atoms with Crippen molar-refractivity contribution in [3.8, 4) is 0 Å². The highest BCUT2D eigenvalue weighted by Crippen LogP contribution is 2.30. The van der Waals surface area contributed by atoms with Crippen LogP contribution in [-0.4, -0.2) is 16.7 Å². The second-order valence-electron chi connectivity index (χ2n) is 5.74. The van der Waals surface area contributed by atoms with Crippen LogP contribution in [0, 0.1) is 0 Å². The van der Waals surface area contributed by atoms with Gasteiger partial charge in [0.25, 0.3) is 0 Å². The highest BCUT2D eigenvalue weighted by molar-refractivity contribution is 7.20. The molecule has 0 aliphatic rings. The summed E-state index contributed by atoms with van der Waals surface area (Å²) in [4.78, 5) is 28.4. The van der Waals surface area contributed by atoms with E-state index < -0.39 is 0 Å². The molecule has 4 nitrogen and oxygen atoms in total. The summed E-state index contributed by atoms with van der Waals surface area (Å²) >= 11 is 1.40. The van der Waals surface area contributed by atoms with Gasteiger partial charge in [-0.1, -0.05) is 30.3 Å². The Balaban J connectivity index is 1.72. The van der Waals surface area contributed by atoms with Gasteiger partial charge < -0.3 is 5.32 Å². The Morgan fingerprint density at radius 3 is 2.48 bits per heavy atom. The number of nitrogens with zero attached hydrogens (tertiary/aromatic N) is 1. The minimum Gasteiger partial charge on any atom is -0.326 e. The molecule has 0 fully saturated rings. The number of ketones is 1. The molecule has 0 atom stereocenters.